The van der Waals surface area contributed by atoms with Crippen molar-refractivity contribution >= 4 is 6.29 Å². The quantitative estimate of drug-likeness (QED) is 0.217. The van der Waals surface area contributed by atoms with Crippen LogP contribution in [-0.2, 0) is 24.3 Å². The van der Waals surface area contributed by atoms with Crippen LogP contribution in [0.2, 0.25) is 0 Å². The SMILES string of the molecule is [CH2-]/C(=C\CC=O)[C@H]1CC[C@@]2(C)[C@@H]3CC[C@@]4(C)C[C@@](O)(C(F)(F)F)CC[C@]4(C)[C@@]3(C)CC[C@]12C.[Rh]. The maximum absolute atomic E-state index is 13.8. The second-order valence-electron chi connectivity index (χ2n) is 13.2. The molecule has 4 aliphatic rings. The molecule has 0 spiro atoms. The summed E-state index contributed by atoms with van der Waals surface area (Å²) in [6.07, 6.45) is 4.62. The van der Waals surface area contributed by atoms with Crippen LogP contribution >= 0.6 is 0 Å². The predicted octanol–water partition coefficient (Wildman–Crippen LogP) is 7.46. The van der Waals surface area contributed by atoms with Gasteiger partial charge in [0.05, 0.1) is 0 Å². The van der Waals surface area contributed by atoms with E-state index in [9.17, 15) is 23.1 Å². The van der Waals surface area contributed by atoms with Crippen molar-refractivity contribution in [1.82, 2.24) is 0 Å². The Kier molecular flexibility index (Phi) is 6.92. The summed E-state index contributed by atoms with van der Waals surface area (Å²) < 4.78 is 41.5. The molecule has 2 nitrogen and oxygen atoms in total. The van der Waals surface area contributed by atoms with Gasteiger partial charge in [0.25, 0.3) is 0 Å². The Bertz CT molecular complexity index is 857. The first kappa shape index (κ1) is 28.2. The predicted molar refractivity (Wildman–Crippen MR) is 124 cm³/mol. The molecule has 1 radical (unpaired) electrons. The van der Waals surface area contributed by atoms with Crippen molar-refractivity contribution in [1.29, 1.82) is 0 Å². The maximum atomic E-state index is 13.8. The molecule has 6 heteroatoms. The molecule has 0 aliphatic heterocycles. The molecule has 4 fully saturated rings. The monoisotopic (exact) mass is 570 g/mol. The van der Waals surface area contributed by atoms with Gasteiger partial charge in [-0.3, -0.25) is 0 Å². The third-order valence-corrected chi connectivity index (χ3v) is 12.5. The normalized spacial score (nSPS) is 51.0. The summed E-state index contributed by atoms with van der Waals surface area (Å²) in [4.78, 5) is 10.9. The minimum atomic E-state index is -4.58. The van der Waals surface area contributed by atoms with Gasteiger partial charge >= 0.3 is 6.18 Å². The third kappa shape index (κ3) is 3.39. The van der Waals surface area contributed by atoms with Crippen molar-refractivity contribution in [2.75, 3.05) is 0 Å². The van der Waals surface area contributed by atoms with Crippen LogP contribution < -0.4 is 0 Å². The second-order valence-corrected chi connectivity index (χ2v) is 13.2. The molecule has 4 saturated carbocycles. The van der Waals surface area contributed by atoms with E-state index in [1.807, 2.05) is 13.0 Å². The van der Waals surface area contributed by atoms with Crippen LogP contribution in [0.1, 0.15) is 98.8 Å². The van der Waals surface area contributed by atoms with Gasteiger partial charge in [-0.25, -0.2) is 18.6 Å². The number of halogens is 3. The van der Waals surface area contributed by atoms with Gasteiger partial charge < -0.3 is 9.90 Å². The fourth-order valence-electron chi connectivity index (χ4n) is 9.84. The zero-order valence-electron chi connectivity index (χ0n) is 21.4. The number of aldehydes is 1. The third-order valence-electron chi connectivity index (χ3n) is 12.5. The van der Waals surface area contributed by atoms with E-state index >= 15 is 0 Å². The molecule has 197 valence electrons. The number of hydrogen-bond acceptors (Lipinski definition) is 2. The van der Waals surface area contributed by atoms with Crippen molar-refractivity contribution in [2.45, 2.75) is 111 Å². The van der Waals surface area contributed by atoms with E-state index in [1.54, 1.807) is 0 Å². The van der Waals surface area contributed by atoms with Crippen LogP contribution in [0, 0.1) is 45.8 Å². The molecule has 0 bridgehead atoms. The average molecular weight is 571 g/mol. The number of rotatable bonds is 3. The molecule has 0 aromatic carbocycles. The van der Waals surface area contributed by atoms with E-state index in [0.29, 0.717) is 24.7 Å². The molecule has 1 N–H and O–H groups in total. The summed E-state index contributed by atoms with van der Waals surface area (Å²) in [5.41, 5.74) is -2.17. The number of carbonyl (C=O) groups excluding carboxylic acids is 1. The Morgan fingerprint density at radius 1 is 0.941 bits per heavy atom. The molecular formula is C28H42F3O2Rh-. The Morgan fingerprint density at radius 2 is 1.56 bits per heavy atom. The first-order chi connectivity index (χ1) is 15.0. The number of carbonyl (C=O) groups is 1. The molecule has 0 unspecified atom stereocenters. The van der Waals surface area contributed by atoms with E-state index in [-0.39, 0.29) is 54.0 Å². The van der Waals surface area contributed by atoms with E-state index < -0.39 is 17.2 Å². The van der Waals surface area contributed by atoms with Crippen LogP contribution in [0.5, 0.6) is 0 Å². The summed E-state index contributed by atoms with van der Waals surface area (Å²) in [6, 6.07) is 0. The zero-order valence-corrected chi connectivity index (χ0v) is 23.0. The van der Waals surface area contributed by atoms with Crippen LogP contribution in [0.4, 0.5) is 13.2 Å². The molecule has 0 aromatic heterocycles. The molecule has 4 rings (SSSR count). The molecule has 8 atom stereocenters. The first-order valence-electron chi connectivity index (χ1n) is 12.8. The van der Waals surface area contributed by atoms with Crippen LogP contribution in [0.25, 0.3) is 0 Å². The van der Waals surface area contributed by atoms with Crippen molar-refractivity contribution in [3.63, 3.8) is 0 Å². The van der Waals surface area contributed by atoms with E-state index in [2.05, 4.69) is 34.6 Å². The number of aliphatic hydroxyl groups is 1. The Labute approximate surface area is 216 Å². The number of fused-ring (bicyclic) bond motifs is 5. The van der Waals surface area contributed by atoms with Gasteiger partial charge in [-0.2, -0.15) is 13.2 Å². The summed E-state index contributed by atoms with van der Waals surface area (Å²) in [6.45, 7) is 15.8. The van der Waals surface area contributed by atoms with Gasteiger partial charge in [-0.1, -0.05) is 34.6 Å². The van der Waals surface area contributed by atoms with Crippen LogP contribution in [0.3, 0.4) is 0 Å². The van der Waals surface area contributed by atoms with E-state index in [1.165, 1.54) is 0 Å². The summed E-state index contributed by atoms with van der Waals surface area (Å²) >= 11 is 0. The van der Waals surface area contributed by atoms with Crippen molar-refractivity contribution < 1.29 is 42.6 Å². The Morgan fingerprint density at radius 3 is 2.15 bits per heavy atom. The largest absolute Gasteiger partial charge is 0.417 e. The first-order valence-corrected chi connectivity index (χ1v) is 12.8. The van der Waals surface area contributed by atoms with E-state index in [4.69, 9.17) is 0 Å². The summed E-state index contributed by atoms with van der Waals surface area (Å²) in [5, 5.41) is 10.7. The molecule has 34 heavy (non-hydrogen) atoms. The van der Waals surface area contributed by atoms with Crippen molar-refractivity contribution in [2.24, 2.45) is 38.9 Å². The summed E-state index contributed by atoms with van der Waals surface area (Å²) in [5.74, 6) is 0.789. The van der Waals surface area contributed by atoms with Crippen LogP contribution in [0.15, 0.2) is 11.6 Å². The number of alkyl halides is 3. The fourth-order valence-corrected chi connectivity index (χ4v) is 9.84. The van der Waals surface area contributed by atoms with Gasteiger partial charge in [0, 0.05) is 19.5 Å². The van der Waals surface area contributed by atoms with Crippen molar-refractivity contribution in [3.05, 3.63) is 18.6 Å². The van der Waals surface area contributed by atoms with E-state index in [0.717, 1.165) is 50.4 Å². The molecule has 0 aromatic rings. The van der Waals surface area contributed by atoms with Gasteiger partial charge in [-0.05, 0) is 103 Å². The van der Waals surface area contributed by atoms with Crippen LogP contribution in [-0.4, -0.2) is 23.2 Å². The topological polar surface area (TPSA) is 37.3 Å². The smallest absolute Gasteiger partial charge is 0.380 e. The zero-order chi connectivity index (χ0) is 24.7. The van der Waals surface area contributed by atoms with Gasteiger partial charge in [0.15, 0.2) is 5.60 Å². The minimum Gasteiger partial charge on any atom is -0.380 e. The second kappa shape index (κ2) is 8.33. The minimum absolute atomic E-state index is 0. The molecule has 4 aliphatic carbocycles. The number of hydrogen-bond donors (Lipinski definition) is 1. The molecule has 0 heterocycles. The molecule has 0 amide bonds. The van der Waals surface area contributed by atoms with Gasteiger partial charge in [0.1, 0.15) is 6.29 Å². The summed E-state index contributed by atoms with van der Waals surface area (Å²) in [7, 11) is 0. The Balaban J connectivity index is 0.00000324. The molecular weight excluding hydrogens is 528 g/mol. The number of allylic oxidation sites excluding steroid dienone is 2. The van der Waals surface area contributed by atoms with Gasteiger partial charge in [-0.15, -0.1) is 0 Å². The fraction of sp³-hybridized carbons (Fsp3) is 0.857. The van der Waals surface area contributed by atoms with Crippen molar-refractivity contribution in [3.8, 4) is 0 Å². The Hall–Kier alpha value is -0.347. The molecule has 0 saturated heterocycles. The average Bonchev–Trinajstić information content (AvgIpc) is 2.99. The standard InChI is InChI=1S/C28H42F3O2.Rh/c1-19(8-7-17-32)20-9-12-24(4)21-10-11-22(2)18-27(33,28(29,30)31)16-15-26(22,6)25(21,5)14-13-23(20,24)3;/h8,17,20-21,33H,1,7,9-16,18H2,2-6H3;/q-1;/b19-8+;/t20-,21+,22+,23-,24+,25+,26+,27-;/m1./s1. The maximum Gasteiger partial charge on any atom is 0.417 e. The van der Waals surface area contributed by atoms with Gasteiger partial charge in [0.2, 0.25) is 0 Å².